The van der Waals surface area contributed by atoms with Gasteiger partial charge in [0.25, 0.3) is 10.8 Å². The Balaban J connectivity index is 2.22. The molecule has 5 rings (SSSR count). The number of benzene rings is 2. The van der Waals surface area contributed by atoms with Crippen LogP contribution in [-0.4, -0.2) is 22.2 Å². The Morgan fingerprint density at radius 2 is 1.15 bits per heavy atom. The Kier molecular flexibility index (Phi) is 3.66. The Bertz CT molecular complexity index is 1020. The van der Waals surface area contributed by atoms with Crippen LogP contribution in [0.5, 0.6) is 0 Å². The zero-order chi connectivity index (χ0) is 19.6. The van der Waals surface area contributed by atoms with Crippen LogP contribution in [0.25, 0.3) is 11.1 Å². The first kappa shape index (κ1) is 17.9. The van der Waals surface area contributed by atoms with Gasteiger partial charge < -0.3 is 0 Å². The summed E-state index contributed by atoms with van der Waals surface area (Å²) in [6, 6.07) is 13.9. The summed E-state index contributed by atoms with van der Waals surface area (Å²) < 4.78 is 75.7. The fraction of sp³-hybridized carbons (Fsp3) is 0.150. The van der Waals surface area contributed by atoms with Crippen LogP contribution in [0, 0.1) is 0 Å². The monoisotopic (exact) mass is 396 g/mol. The number of alkyl halides is 4. The molecule has 3 aliphatic rings. The molecule has 3 aliphatic carbocycles. The standard InChI is InChI=1S/C20H10ClF5O/c21-20(26)17(27)18(24)13(11-7-3-1-4-8-11)14(12-9-5-2-6-10-12)19(20,25)16(23)15(18)22/h1-10H. The quantitative estimate of drug-likeness (QED) is 0.472. The van der Waals surface area contributed by atoms with Crippen LogP contribution < -0.4 is 0 Å². The van der Waals surface area contributed by atoms with E-state index in [2.05, 4.69) is 0 Å². The fourth-order valence-corrected chi connectivity index (χ4v) is 3.95. The van der Waals surface area contributed by atoms with Crippen molar-refractivity contribution in [2.45, 2.75) is 16.5 Å². The first-order valence-electron chi connectivity index (χ1n) is 7.91. The van der Waals surface area contributed by atoms with Crippen LogP contribution in [0.15, 0.2) is 72.3 Å². The normalized spacial score (nSPS) is 33.0. The highest BCUT2D eigenvalue weighted by Crippen LogP contribution is 2.67. The predicted molar refractivity (Wildman–Crippen MR) is 91.3 cm³/mol. The molecule has 138 valence electrons. The second-order valence-electron chi connectivity index (χ2n) is 6.33. The minimum atomic E-state index is -4.15. The highest BCUT2D eigenvalue weighted by atomic mass is 35.5. The van der Waals surface area contributed by atoms with E-state index in [1.54, 1.807) is 12.1 Å². The molecule has 3 atom stereocenters. The Morgan fingerprint density at radius 1 is 0.704 bits per heavy atom. The minimum Gasteiger partial charge on any atom is -0.290 e. The zero-order valence-corrected chi connectivity index (χ0v) is 14.2. The van der Waals surface area contributed by atoms with Crippen molar-refractivity contribution in [3.63, 3.8) is 0 Å². The molecule has 0 aliphatic heterocycles. The van der Waals surface area contributed by atoms with Gasteiger partial charge in [0.1, 0.15) is 0 Å². The fourth-order valence-electron chi connectivity index (χ4n) is 3.64. The number of fused-ring (bicyclic) bond motifs is 1. The molecule has 0 saturated carbocycles. The van der Waals surface area contributed by atoms with Gasteiger partial charge in [-0.2, -0.15) is 0 Å². The van der Waals surface area contributed by atoms with Crippen molar-refractivity contribution in [2.24, 2.45) is 0 Å². The lowest BCUT2D eigenvalue weighted by Crippen LogP contribution is -2.66. The van der Waals surface area contributed by atoms with E-state index in [1.807, 2.05) is 0 Å². The predicted octanol–water partition coefficient (Wildman–Crippen LogP) is 5.67. The summed E-state index contributed by atoms with van der Waals surface area (Å²) in [6.07, 6.45) is 0. The molecule has 0 aromatic heterocycles. The van der Waals surface area contributed by atoms with Crippen LogP contribution in [-0.2, 0) is 4.79 Å². The molecule has 0 fully saturated rings. The molecule has 0 spiro atoms. The number of carbonyl (C=O) groups is 1. The van der Waals surface area contributed by atoms with Gasteiger partial charge in [0.2, 0.25) is 11.5 Å². The number of ketones is 1. The van der Waals surface area contributed by atoms with Crippen molar-refractivity contribution in [3.8, 4) is 0 Å². The largest absolute Gasteiger partial charge is 0.290 e. The van der Waals surface area contributed by atoms with Crippen molar-refractivity contribution in [1.29, 1.82) is 0 Å². The Morgan fingerprint density at radius 3 is 1.63 bits per heavy atom. The van der Waals surface area contributed by atoms with Gasteiger partial charge in [-0.15, -0.1) is 0 Å². The van der Waals surface area contributed by atoms with Gasteiger partial charge in [-0.05, 0) is 11.1 Å². The third-order valence-electron chi connectivity index (χ3n) is 4.89. The molecule has 2 aromatic carbocycles. The highest BCUT2D eigenvalue weighted by molar-refractivity contribution is 6.42. The molecule has 0 saturated heterocycles. The van der Waals surface area contributed by atoms with Gasteiger partial charge in [-0.25, -0.2) is 22.0 Å². The number of rotatable bonds is 2. The molecule has 7 heteroatoms. The van der Waals surface area contributed by atoms with E-state index in [4.69, 9.17) is 11.6 Å². The third kappa shape index (κ3) is 1.96. The summed E-state index contributed by atoms with van der Waals surface area (Å²) in [6.45, 7) is 0. The number of hydrogen-bond acceptors (Lipinski definition) is 1. The van der Waals surface area contributed by atoms with E-state index >= 15 is 8.78 Å². The van der Waals surface area contributed by atoms with E-state index in [1.165, 1.54) is 48.5 Å². The third-order valence-corrected chi connectivity index (χ3v) is 5.32. The second kappa shape index (κ2) is 5.52. The first-order valence-corrected chi connectivity index (χ1v) is 8.29. The number of hydrogen-bond donors (Lipinski definition) is 0. The maximum atomic E-state index is 15.8. The van der Waals surface area contributed by atoms with E-state index in [9.17, 15) is 18.0 Å². The summed E-state index contributed by atoms with van der Waals surface area (Å²) >= 11 is 5.40. The molecule has 3 unspecified atom stereocenters. The molecule has 0 radical (unpaired) electrons. The van der Waals surface area contributed by atoms with Crippen molar-refractivity contribution < 1.29 is 26.7 Å². The van der Waals surface area contributed by atoms with Gasteiger partial charge in [0, 0.05) is 11.1 Å². The highest BCUT2D eigenvalue weighted by Gasteiger charge is 2.79. The SMILES string of the molecule is O=C1C2(F)C(F)=C(F)C(F)(C(c3ccccc3)=C2c2ccccc2)C1(F)Cl. The average Bonchev–Trinajstić information content (AvgIpc) is 2.68. The number of halogens is 6. The molecular weight excluding hydrogens is 387 g/mol. The number of carbonyl (C=O) groups excluding carboxylic acids is 1. The van der Waals surface area contributed by atoms with Crippen LogP contribution in [0.3, 0.4) is 0 Å². The molecule has 0 N–H and O–H groups in total. The van der Waals surface area contributed by atoms with Crippen molar-refractivity contribution >= 4 is 28.5 Å². The van der Waals surface area contributed by atoms with Crippen molar-refractivity contribution in [3.05, 3.63) is 83.4 Å². The summed E-state index contributed by atoms with van der Waals surface area (Å²) in [5, 5.41) is -4.15. The van der Waals surface area contributed by atoms with E-state index in [0.717, 1.165) is 0 Å². The smallest absolute Gasteiger partial charge is 0.290 e. The minimum absolute atomic E-state index is 0.0935. The van der Waals surface area contributed by atoms with E-state index < -0.39 is 45.0 Å². The van der Waals surface area contributed by atoms with Crippen LogP contribution in [0.2, 0.25) is 0 Å². The maximum absolute atomic E-state index is 15.8. The van der Waals surface area contributed by atoms with Gasteiger partial charge in [0.05, 0.1) is 0 Å². The topological polar surface area (TPSA) is 17.1 Å². The molecular formula is C20H10ClF5O. The number of Topliss-reactive ketones (excluding diaryl/α,β-unsaturated/α-hetero) is 1. The molecule has 0 amide bonds. The molecule has 1 nitrogen and oxygen atoms in total. The maximum Gasteiger partial charge on any atom is 0.290 e. The van der Waals surface area contributed by atoms with Crippen LogP contribution in [0.1, 0.15) is 11.1 Å². The van der Waals surface area contributed by atoms with Gasteiger partial charge in [0.15, 0.2) is 11.7 Å². The molecule has 2 bridgehead atoms. The molecule has 27 heavy (non-hydrogen) atoms. The van der Waals surface area contributed by atoms with Crippen molar-refractivity contribution in [1.82, 2.24) is 0 Å². The lowest BCUT2D eigenvalue weighted by Gasteiger charge is -2.49. The van der Waals surface area contributed by atoms with Crippen molar-refractivity contribution in [2.75, 3.05) is 0 Å². The van der Waals surface area contributed by atoms with Gasteiger partial charge in [-0.1, -0.05) is 72.3 Å². The molecule has 2 aromatic rings. The van der Waals surface area contributed by atoms with Crippen LogP contribution in [0.4, 0.5) is 22.0 Å². The average molecular weight is 397 g/mol. The summed E-state index contributed by atoms with van der Waals surface area (Å²) in [5.74, 6) is -6.92. The second-order valence-corrected chi connectivity index (χ2v) is 6.85. The summed E-state index contributed by atoms with van der Waals surface area (Å²) in [5.41, 5.74) is -9.78. The van der Waals surface area contributed by atoms with Crippen LogP contribution >= 0.6 is 11.6 Å². The van der Waals surface area contributed by atoms with E-state index in [0.29, 0.717) is 0 Å². The van der Waals surface area contributed by atoms with E-state index in [-0.39, 0.29) is 11.1 Å². The first-order chi connectivity index (χ1) is 12.7. The summed E-state index contributed by atoms with van der Waals surface area (Å²) in [7, 11) is 0. The zero-order valence-electron chi connectivity index (χ0n) is 13.4. The van der Waals surface area contributed by atoms with Gasteiger partial charge in [-0.3, -0.25) is 4.79 Å². The Hall–Kier alpha value is -2.47. The van der Waals surface area contributed by atoms with Gasteiger partial charge >= 0.3 is 0 Å². The lowest BCUT2D eigenvalue weighted by molar-refractivity contribution is -0.142. The lowest BCUT2D eigenvalue weighted by atomic mass is 9.61. The Labute approximate surface area is 155 Å². The number of allylic oxidation sites excluding steroid dienone is 4. The summed E-state index contributed by atoms with van der Waals surface area (Å²) in [4.78, 5) is 12.4. The molecule has 0 heterocycles.